The molecule has 15 atom stereocenters. The summed E-state index contributed by atoms with van der Waals surface area (Å²) in [4.78, 5) is 0. The van der Waals surface area contributed by atoms with Crippen molar-refractivity contribution in [3.8, 4) is 0 Å². The van der Waals surface area contributed by atoms with Gasteiger partial charge in [0.2, 0.25) is 0 Å². The third-order valence-electron chi connectivity index (χ3n) is 6.30. The van der Waals surface area contributed by atoms with Crippen molar-refractivity contribution in [1.82, 2.24) is 0 Å². The van der Waals surface area contributed by atoms with Gasteiger partial charge in [-0.05, 0) is 0 Å². The second kappa shape index (κ2) is 12.3. The number of aliphatic hydroxyl groups excluding tert-OH is 10. The van der Waals surface area contributed by atoms with E-state index in [0.717, 1.165) is 0 Å². The SMILES string of the molecule is CO[C@@H]1OC(CO)[C@@H](O[C@@H]2OC(CO)[C@H](O[C@H]3OC(CO)[C@H](O)C(O)[C@@H]3O)C(O)[C@@H]2O)C(O)[C@@H]1O. The summed E-state index contributed by atoms with van der Waals surface area (Å²) in [6.07, 6.45) is -23.8. The molecular weight excluding hydrogens is 484 g/mol. The van der Waals surface area contributed by atoms with Crippen molar-refractivity contribution in [2.24, 2.45) is 0 Å². The molecule has 16 heteroatoms. The van der Waals surface area contributed by atoms with Crippen molar-refractivity contribution in [2.45, 2.75) is 92.1 Å². The third-order valence-corrected chi connectivity index (χ3v) is 6.30. The molecule has 0 bridgehead atoms. The van der Waals surface area contributed by atoms with Gasteiger partial charge in [0.1, 0.15) is 73.2 Å². The lowest BCUT2D eigenvalue weighted by Crippen LogP contribution is -2.66. The molecular formula is C19H34O16. The van der Waals surface area contributed by atoms with Gasteiger partial charge in [-0.2, -0.15) is 0 Å². The van der Waals surface area contributed by atoms with Crippen LogP contribution in [-0.2, 0) is 28.4 Å². The van der Waals surface area contributed by atoms with Gasteiger partial charge in [0.15, 0.2) is 18.9 Å². The Kier molecular flexibility index (Phi) is 10.1. The summed E-state index contributed by atoms with van der Waals surface area (Å²) < 4.78 is 31.9. The van der Waals surface area contributed by atoms with Crippen molar-refractivity contribution >= 4 is 0 Å². The normalized spacial score (nSPS) is 51.3. The molecule has 0 aromatic rings. The van der Waals surface area contributed by atoms with E-state index in [4.69, 9.17) is 28.4 Å². The van der Waals surface area contributed by atoms with Gasteiger partial charge >= 0.3 is 0 Å². The lowest BCUT2D eigenvalue weighted by atomic mass is 9.96. The predicted molar refractivity (Wildman–Crippen MR) is 106 cm³/mol. The van der Waals surface area contributed by atoms with Crippen molar-refractivity contribution < 1.29 is 79.5 Å². The molecule has 0 aromatic carbocycles. The minimum absolute atomic E-state index is 0.675. The minimum atomic E-state index is -1.88. The van der Waals surface area contributed by atoms with E-state index in [1.165, 1.54) is 7.11 Å². The lowest BCUT2D eigenvalue weighted by Gasteiger charge is -2.48. The molecule has 0 saturated carbocycles. The van der Waals surface area contributed by atoms with Crippen LogP contribution in [0.5, 0.6) is 0 Å². The van der Waals surface area contributed by atoms with Crippen LogP contribution in [0, 0.1) is 0 Å². The average molecular weight is 518 g/mol. The topological polar surface area (TPSA) is 258 Å². The molecule has 3 saturated heterocycles. The first kappa shape index (κ1) is 28.9. The molecule has 0 aliphatic carbocycles. The van der Waals surface area contributed by atoms with Crippen molar-refractivity contribution in [3.05, 3.63) is 0 Å². The number of ether oxygens (including phenoxy) is 6. The quantitative estimate of drug-likeness (QED) is 0.143. The molecule has 0 amide bonds. The van der Waals surface area contributed by atoms with E-state index in [0.29, 0.717) is 0 Å². The van der Waals surface area contributed by atoms with Gasteiger partial charge in [-0.15, -0.1) is 0 Å². The third kappa shape index (κ3) is 5.78. The highest BCUT2D eigenvalue weighted by Crippen LogP contribution is 2.32. The highest BCUT2D eigenvalue weighted by molar-refractivity contribution is 4.96. The maximum Gasteiger partial charge on any atom is 0.187 e. The predicted octanol–water partition coefficient (Wildman–Crippen LogP) is -6.92. The van der Waals surface area contributed by atoms with Gasteiger partial charge in [-0.25, -0.2) is 0 Å². The monoisotopic (exact) mass is 518 g/mol. The summed E-state index contributed by atoms with van der Waals surface area (Å²) in [6, 6.07) is 0. The Morgan fingerprint density at radius 1 is 0.486 bits per heavy atom. The van der Waals surface area contributed by atoms with E-state index in [1.807, 2.05) is 0 Å². The molecule has 6 unspecified atom stereocenters. The zero-order chi connectivity index (χ0) is 26.0. The fourth-order valence-electron chi connectivity index (χ4n) is 4.24. The van der Waals surface area contributed by atoms with Gasteiger partial charge in [0.25, 0.3) is 0 Å². The molecule has 0 spiro atoms. The Labute approximate surface area is 199 Å². The molecule has 10 N–H and O–H groups in total. The molecule has 0 radical (unpaired) electrons. The maximum atomic E-state index is 10.7. The number of hydrogen-bond acceptors (Lipinski definition) is 16. The van der Waals surface area contributed by atoms with Crippen LogP contribution in [0.3, 0.4) is 0 Å². The molecule has 3 aliphatic heterocycles. The number of rotatable bonds is 8. The van der Waals surface area contributed by atoms with E-state index in [9.17, 15) is 51.1 Å². The summed E-state index contributed by atoms with van der Waals surface area (Å²) in [5.41, 5.74) is 0. The zero-order valence-corrected chi connectivity index (χ0v) is 18.7. The molecule has 3 rings (SSSR count). The van der Waals surface area contributed by atoms with Crippen LogP contribution < -0.4 is 0 Å². The average Bonchev–Trinajstić information content (AvgIpc) is 2.86. The van der Waals surface area contributed by atoms with Crippen molar-refractivity contribution in [1.29, 1.82) is 0 Å². The van der Waals surface area contributed by atoms with Crippen LogP contribution in [0.25, 0.3) is 0 Å². The van der Waals surface area contributed by atoms with Crippen molar-refractivity contribution in [2.75, 3.05) is 26.9 Å². The van der Waals surface area contributed by atoms with Crippen LogP contribution >= 0.6 is 0 Å². The second-order valence-electron chi connectivity index (χ2n) is 8.55. The summed E-state index contributed by atoms with van der Waals surface area (Å²) in [6.45, 7) is -2.21. The first-order valence-corrected chi connectivity index (χ1v) is 11.0. The lowest BCUT2D eigenvalue weighted by molar-refractivity contribution is -0.378. The van der Waals surface area contributed by atoms with E-state index >= 15 is 0 Å². The largest absolute Gasteiger partial charge is 0.394 e. The van der Waals surface area contributed by atoms with Crippen LogP contribution in [0.15, 0.2) is 0 Å². The molecule has 3 heterocycles. The highest BCUT2D eigenvalue weighted by atomic mass is 16.8. The first-order valence-electron chi connectivity index (χ1n) is 11.0. The zero-order valence-electron chi connectivity index (χ0n) is 18.7. The number of aliphatic hydroxyl groups is 10. The smallest absolute Gasteiger partial charge is 0.187 e. The molecule has 16 nitrogen and oxygen atoms in total. The molecule has 3 fully saturated rings. The van der Waals surface area contributed by atoms with Gasteiger partial charge in [0.05, 0.1) is 19.8 Å². The van der Waals surface area contributed by atoms with Crippen LogP contribution in [0.2, 0.25) is 0 Å². The summed E-state index contributed by atoms with van der Waals surface area (Å²) in [5, 5.41) is 100. The van der Waals surface area contributed by atoms with Gasteiger partial charge in [-0.1, -0.05) is 0 Å². The Morgan fingerprint density at radius 2 is 0.857 bits per heavy atom. The van der Waals surface area contributed by atoms with Crippen LogP contribution in [0.4, 0.5) is 0 Å². The summed E-state index contributed by atoms with van der Waals surface area (Å²) in [5.74, 6) is 0. The van der Waals surface area contributed by atoms with E-state index < -0.39 is 112 Å². The molecule has 35 heavy (non-hydrogen) atoms. The van der Waals surface area contributed by atoms with E-state index in [-0.39, 0.29) is 0 Å². The number of hydrogen-bond donors (Lipinski definition) is 10. The van der Waals surface area contributed by atoms with Crippen LogP contribution in [0.1, 0.15) is 0 Å². The first-order chi connectivity index (χ1) is 16.6. The minimum Gasteiger partial charge on any atom is -0.394 e. The maximum absolute atomic E-state index is 10.7. The standard InChI is InChI=1S/C19H34O16/c1-30-17-13(28)10(25)15(6(3-21)32-17)35-19-14(29)11(26)16(7(4-22)33-19)34-18-12(27)9(24)8(23)5(2-20)31-18/h5-29H,2-4H2,1H3/t5?,6?,7?,8-,9?,10?,11?,12-,13-,14-,15+,16-,17+,18+,19-/m0/s1. The molecule has 0 aromatic heterocycles. The Hall–Kier alpha value is -0.640. The second-order valence-corrected chi connectivity index (χ2v) is 8.55. The number of methoxy groups -OCH3 is 1. The Bertz CT molecular complexity index is 650. The summed E-state index contributed by atoms with van der Waals surface area (Å²) >= 11 is 0. The van der Waals surface area contributed by atoms with Crippen LogP contribution in [-0.4, -0.2) is 170 Å². The van der Waals surface area contributed by atoms with Gasteiger partial charge < -0.3 is 79.5 Å². The molecule has 3 aliphatic rings. The summed E-state index contributed by atoms with van der Waals surface area (Å²) in [7, 11) is 1.21. The highest BCUT2D eigenvalue weighted by Gasteiger charge is 2.53. The van der Waals surface area contributed by atoms with E-state index in [1.54, 1.807) is 0 Å². The Morgan fingerprint density at radius 3 is 1.29 bits per heavy atom. The van der Waals surface area contributed by atoms with Gasteiger partial charge in [-0.3, -0.25) is 0 Å². The Balaban J connectivity index is 1.72. The fourth-order valence-corrected chi connectivity index (χ4v) is 4.24. The van der Waals surface area contributed by atoms with Gasteiger partial charge in [0, 0.05) is 7.11 Å². The fraction of sp³-hybridized carbons (Fsp3) is 1.00. The molecule has 206 valence electrons. The van der Waals surface area contributed by atoms with E-state index in [2.05, 4.69) is 0 Å². The van der Waals surface area contributed by atoms with Crippen molar-refractivity contribution in [3.63, 3.8) is 0 Å².